The fourth-order valence-electron chi connectivity index (χ4n) is 5.63. The van der Waals surface area contributed by atoms with Crippen molar-refractivity contribution in [1.82, 2.24) is 35.1 Å². The number of Topliss-reactive ketones (excluding diaryl/α,β-unsaturated/α-hetero) is 1. The molecule has 0 spiro atoms. The van der Waals surface area contributed by atoms with Crippen LogP contribution in [0.15, 0.2) is 48.5 Å². The molecule has 11 nitrogen and oxygen atoms in total. The first-order chi connectivity index (χ1) is 19.8. The second-order valence-electron chi connectivity index (χ2n) is 10.3. The van der Waals surface area contributed by atoms with Crippen molar-refractivity contribution in [2.75, 3.05) is 13.7 Å². The van der Waals surface area contributed by atoms with Crippen LogP contribution in [0.1, 0.15) is 57.2 Å². The predicted molar refractivity (Wildman–Crippen MR) is 151 cm³/mol. The van der Waals surface area contributed by atoms with Gasteiger partial charge in [-0.15, -0.1) is 5.10 Å². The number of H-pyrrole nitrogens is 1. The van der Waals surface area contributed by atoms with E-state index in [1.54, 1.807) is 6.92 Å². The second-order valence-corrected chi connectivity index (χ2v) is 10.3. The van der Waals surface area contributed by atoms with E-state index in [1.165, 1.54) is 18.9 Å². The van der Waals surface area contributed by atoms with Crippen molar-refractivity contribution in [1.29, 1.82) is 0 Å². The van der Waals surface area contributed by atoms with Crippen LogP contribution in [0.4, 0.5) is 0 Å². The lowest BCUT2D eigenvalue weighted by Crippen LogP contribution is -2.57. The van der Waals surface area contributed by atoms with E-state index in [-0.39, 0.29) is 18.7 Å². The number of tetrazole rings is 1. The molecule has 1 atom stereocenters. The molecule has 1 amide bonds. The molecule has 0 radical (unpaired) electrons. The van der Waals surface area contributed by atoms with Crippen LogP contribution in [0.5, 0.6) is 0 Å². The van der Waals surface area contributed by atoms with Crippen LogP contribution >= 0.6 is 0 Å². The van der Waals surface area contributed by atoms with Gasteiger partial charge < -0.3 is 9.64 Å². The van der Waals surface area contributed by atoms with Gasteiger partial charge in [0.05, 0.1) is 24.9 Å². The SMILES string of the molecule is CCCCc1nc2c(n1-c1ccc(-c3ccccc3-c3nnn[nH]3)cc1)C(C)(C(=O)OC)N(C(=O)CC(C)=O)CC2. The first-order valence-corrected chi connectivity index (χ1v) is 13.7. The molecule has 212 valence electrons. The molecule has 11 heteroatoms. The van der Waals surface area contributed by atoms with Gasteiger partial charge in [-0.1, -0.05) is 49.7 Å². The van der Waals surface area contributed by atoms with E-state index in [2.05, 4.69) is 27.5 Å². The number of hydrogen-bond acceptors (Lipinski definition) is 8. The Morgan fingerprint density at radius 2 is 1.80 bits per heavy atom. The van der Waals surface area contributed by atoms with Crippen LogP contribution in [0.25, 0.3) is 28.2 Å². The van der Waals surface area contributed by atoms with E-state index < -0.39 is 17.4 Å². The summed E-state index contributed by atoms with van der Waals surface area (Å²) in [6.07, 6.45) is 2.77. The molecule has 1 aliphatic heterocycles. The molecule has 2 aromatic carbocycles. The summed E-state index contributed by atoms with van der Waals surface area (Å²) in [6, 6.07) is 15.8. The third-order valence-corrected chi connectivity index (χ3v) is 7.59. The first-order valence-electron chi connectivity index (χ1n) is 13.7. The summed E-state index contributed by atoms with van der Waals surface area (Å²) < 4.78 is 7.26. The molecule has 41 heavy (non-hydrogen) atoms. The number of ketones is 1. The zero-order valence-corrected chi connectivity index (χ0v) is 23.7. The van der Waals surface area contributed by atoms with Gasteiger partial charge in [0.2, 0.25) is 5.91 Å². The minimum Gasteiger partial charge on any atom is -0.467 e. The molecule has 4 aromatic rings. The average molecular weight is 556 g/mol. The summed E-state index contributed by atoms with van der Waals surface area (Å²) in [5.74, 6) is 0.132. The molecule has 1 N–H and O–H groups in total. The van der Waals surface area contributed by atoms with Crippen molar-refractivity contribution in [3.8, 4) is 28.2 Å². The number of aromatic amines is 1. The predicted octanol–water partition coefficient (Wildman–Crippen LogP) is 3.81. The monoisotopic (exact) mass is 555 g/mol. The number of aromatic nitrogens is 6. The Hall–Kier alpha value is -4.67. The fraction of sp³-hybridized carbons (Fsp3) is 0.367. The van der Waals surface area contributed by atoms with Crippen molar-refractivity contribution in [2.45, 2.75) is 58.4 Å². The van der Waals surface area contributed by atoms with Gasteiger partial charge in [0.25, 0.3) is 0 Å². The van der Waals surface area contributed by atoms with Crippen LogP contribution in [0.2, 0.25) is 0 Å². The van der Waals surface area contributed by atoms with Crippen LogP contribution < -0.4 is 0 Å². The molecule has 3 heterocycles. The van der Waals surface area contributed by atoms with Crippen molar-refractivity contribution in [2.24, 2.45) is 0 Å². The standard InChI is InChI=1S/C30H33N7O4/c1-5-6-11-25-31-24-16-17-36(26(39)18-19(2)38)30(3,29(40)41-4)27(24)37(25)21-14-12-20(13-15-21)22-9-7-8-10-23(22)28-32-34-35-33-28/h7-10,12-15H,5-6,11,16-18H2,1-4H3,(H,32,33,34,35). The number of unbranched alkanes of at least 4 members (excludes halogenated alkanes) is 1. The quantitative estimate of drug-likeness (QED) is 0.243. The third kappa shape index (κ3) is 5.03. The van der Waals surface area contributed by atoms with Gasteiger partial charge in [0.15, 0.2) is 11.4 Å². The van der Waals surface area contributed by atoms with Crippen molar-refractivity contribution in [3.63, 3.8) is 0 Å². The number of hydrogen-bond donors (Lipinski definition) is 1. The molecule has 0 saturated heterocycles. The van der Waals surface area contributed by atoms with Crippen LogP contribution in [-0.2, 0) is 37.5 Å². The van der Waals surface area contributed by atoms with E-state index in [1.807, 2.05) is 53.1 Å². The highest BCUT2D eigenvalue weighted by molar-refractivity contribution is 5.99. The average Bonchev–Trinajstić information content (AvgIpc) is 3.64. The number of nitrogens with zero attached hydrogens (tertiary/aromatic N) is 6. The molecule has 0 aliphatic carbocycles. The third-order valence-electron chi connectivity index (χ3n) is 7.59. The Bertz CT molecular complexity index is 1580. The number of methoxy groups -OCH3 is 1. The summed E-state index contributed by atoms with van der Waals surface area (Å²) in [5, 5.41) is 14.3. The van der Waals surface area contributed by atoms with E-state index in [0.29, 0.717) is 24.4 Å². The first kappa shape index (κ1) is 27.9. The molecule has 5 rings (SSSR count). The highest BCUT2D eigenvalue weighted by Crippen LogP contribution is 2.40. The fourth-order valence-corrected chi connectivity index (χ4v) is 5.63. The lowest BCUT2D eigenvalue weighted by Gasteiger charge is -2.42. The Balaban J connectivity index is 1.65. The van der Waals surface area contributed by atoms with Gasteiger partial charge in [0, 0.05) is 30.6 Å². The van der Waals surface area contributed by atoms with Gasteiger partial charge >= 0.3 is 5.97 Å². The number of carbonyl (C=O) groups is 3. The Morgan fingerprint density at radius 1 is 1.07 bits per heavy atom. The molecule has 1 unspecified atom stereocenters. The highest BCUT2D eigenvalue weighted by Gasteiger charge is 2.52. The van der Waals surface area contributed by atoms with Crippen LogP contribution in [-0.4, -0.2) is 66.4 Å². The molecule has 2 aromatic heterocycles. The van der Waals surface area contributed by atoms with Gasteiger partial charge in [-0.2, -0.15) is 0 Å². The number of ether oxygens (including phenoxy) is 1. The summed E-state index contributed by atoms with van der Waals surface area (Å²) in [6.45, 7) is 5.44. The van der Waals surface area contributed by atoms with E-state index in [0.717, 1.165) is 46.7 Å². The van der Waals surface area contributed by atoms with Crippen molar-refractivity contribution >= 4 is 17.7 Å². The normalized spacial score (nSPS) is 16.3. The molecule has 1 aliphatic rings. The number of rotatable bonds is 9. The number of esters is 1. The lowest BCUT2D eigenvalue weighted by molar-refractivity contribution is -0.163. The smallest absolute Gasteiger partial charge is 0.337 e. The molecule has 0 fully saturated rings. The minimum atomic E-state index is -1.46. The maximum absolute atomic E-state index is 13.5. The largest absolute Gasteiger partial charge is 0.467 e. The van der Waals surface area contributed by atoms with Gasteiger partial charge in [0.1, 0.15) is 11.6 Å². The van der Waals surface area contributed by atoms with E-state index in [4.69, 9.17) is 9.72 Å². The van der Waals surface area contributed by atoms with E-state index >= 15 is 0 Å². The molecule has 0 saturated carbocycles. The summed E-state index contributed by atoms with van der Waals surface area (Å²) in [4.78, 5) is 45.1. The number of fused-ring (bicyclic) bond motifs is 1. The second kappa shape index (κ2) is 11.4. The molecule has 0 bridgehead atoms. The summed E-state index contributed by atoms with van der Waals surface area (Å²) in [7, 11) is 1.31. The Morgan fingerprint density at radius 3 is 2.44 bits per heavy atom. The van der Waals surface area contributed by atoms with Gasteiger partial charge in [-0.05, 0) is 54.0 Å². The zero-order valence-electron chi connectivity index (χ0n) is 23.7. The Labute approximate surface area is 237 Å². The minimum absolute atomic E-state index is 0.262. The number of benzene rings is 2. The van der Waals surface area contributed by atoms with Crippen LogP contribution in [0, 0.1) is 0 Å². The maximum Gasteiger partial charge on any atom is 0.337 e. The molecular formula is C30H33N7O4. The van der Waals surface area contributed by atoms with Crippen LogP contribution in [0.3, 0.4) is 0 Å². The number of nitrogens with one attached hydrogen (secondary N) is 1. The lowest BCUT2D eigenvalue weighted by atomic mass is 9.87. The summed E-state index contributed by atoms with van der Waals surface area (Å²) >= 11 is 0. The number of amides is 1. The summed E-state index contributed by atoms with van der Waals surface area (Å²) in [5.41, 5.74) is 3.48. The maximum atomic E-state index is 13.5. The van der Waals surface area contributed by atoms with Gasteiger partial charge in [-0.3, -0.25) is 14.2 Å². The highest BCUT2D eigenvalue weighted by atomic mass is 16.5. The number of aryl methyl sites for hydroxylation is 1. The van der Waals surface area contributed by atoms with Crippen molar-refractivity contribution in [3.05, 3.63) is 65.7 Å². The zero-order chi connectivity index (χ0) is 29.1. The molecular weight excluding hydrogens is 522 g/mol. The Kier molecular flexibility index (Phi) is 7.78. The number of carbonyl (C=O) groups excluding carboxylic acids is 3. The van der Waals surface area contributed by atoms with Crippen molar-refractivity contribution < 1.29 is 19.1 Å². The van der Waals surface area contributed by atoms with E-state index in [9.17, 15) is 14.4 Å². The van der Waals surface area contributed by atoms with Gasteiger partial charge in [-0.25, -0.2) is 14.9 Å². The number of imidazole rings is 1. The topological polar surface area (TPSA) is 136 Å².